The summed E-state index contributed by atoms with van der Waals surface area (Å²) in [5, 5.41) is 2.73. The summed E-state index contributed by atoms with van der Waals surface area (Å²) >= 11 is 0. The summed E-state index contributed by atoms with van der Waals surface area (Å²) in [5.41, 5.74) is 3.93. The molecule has 7 nitrogen and oxygen atoms in total. The lowest BCUT2D eigenvalue weighted by molar-refractivity contribution is 0.102. The number of nitrogens with zero attached hydrogens (tertiary/aromatic N) is 1. The summed E-state index contributed by atoms with van der Waals surface area (Å²) in [6.07, 6.45) is 1.48. The first-order chi connectivity index (χ1) is 10.2. The molecular formula is C14H16N4O3. The topological polar surface area (TPSA) is 98.5 Å². The highest BCUT2D eigenvalue weighted by molar-refractivity contribution is 6.03. The number of hydrazine groups is 1. The third-order valence-corrected chi connectivity index (χ3v) is 2.80. The molecule has 0 atom stereocenters. The van der Waals surface area contributed by atoms with Gasteiger partial charge in [-0.05, 0) is 24.3 Å². The molecule has 1 amide bonds. The Morgan fingerprint density at radius 2 is 1.81 bits per heavy atom. The van der Waals surface area contributed by atoms with Gasteiger partial charge in [-0.3, -0.25) is 10.6 Å². The molecule has 0 unspecified atom stereocenters. The summed E-state index contributed by atoms with van der Waals surface area (Å²) in [7, 11) is 3.08. The summed E-state index contributed by atoms with van der Waals surface area (Å²) in [5.74, 6) is 6.04. The Kier molecular flexibility index (Phi) is 4.57. The van der Waals surface area contributed by atoms with Crippen LogP contribution >= 0.6 is 0 Å². The summed E-state index contributed by atoms with van der Waals surface area (Å²) in [6.45, 7) is 0. The van der Waals surface area contributed by atoms with Gasteiger partial charge < -0.3 is 20.2 Å². The number of ether oxygens (including phenoxy) is 2. The van der Waals surface area contributed by atoms with Crippen molar-refractivity contribution >= 4 is 17.3 Å². The van der Waals surface area contributed by atoms with Gasteiger partial charge in [-0.1, -0.05) is 0 Å². The number of amides is 1. The van der Waals surface area contributed by atoms with Crippen molar-refractivity contribution in [3.05, 3.63) is 42.2 Å². The van der Waals surface area contributed by atoms with Gasteiger partial charge in [0.25, 0.3) is 5.91 Å². The zero-order valence-corrected chi connectivity index (χ0v) is 11.7. The maximum atomic E-state index is 12.1. The molecule has 0 spiro atoms. The number of nitrogen functional groups attached to an aromatic ring is 1. The number of nitrogens with one attached hydrogen (secondary N) is 2. The van der Waals surface area contributed by atoms with Gasteiger partial charge in [0.2, 0.25) is 0 Å². The van der Waals surface area contributed by atoms with Gasteiger partial charge in [0.1, 0.15) is 5.69 Å². The smallest absolute Gasteiger partial charge is 0.274 e. The molecule has 4 N–H and O–H groups in total. The molecule has 1 heterocycles. The summed E-state index contributed by atoms with van der Waals surface area (Å²) in [4.78, 5) is 16.1. The highest BCUT2D eigenvalue weighted by Gasteiger charge is 2.10. The molecule has 1 aromatic heterocycles. The fourth-order valence-electron chi connectivity index (χ4n) is 1.72. The van der Waals surface area contributed by atoms with Crippen molar-refractivity contribution in [2.75, 3.05) is 25.0 Å². The number of carbonyl (C=O) groups excluding carboxylic acids is 1. The van der Waals surface area contributed by atoms with E-state index in [-0.39, 0.29) is 11.6 Å². The first kappa shape index (κ1) is 14.6. The van der Waals surface area contributed by atoms with Crippen LogP contribution in [0.4, 0.5) is 11.4 Å². The van der Waals surface area contributed by atoms with E-state index >= 15 is 0 Å². The minimum Gasteiger partial charge on any atom is -0.493 e. The first-order valence-electron chi connectivity index (χ1n) is 6.14. The highest BCUT2D eigenvalue weighted by Crippen LogP contribution is 2.29. The molecule has 2 rings (SSSR count). The lowest BCUT2D eigenvalue weighted by Gasteiger charge is -2.10. The Labute approximate surface area is 122 Å². The van der Waals surface area contributed by atoms with Gasteiger partial charge in [-0.2, -0.15) is 0 Å². The second-order valence-electron chi connectivity index (χ2n) is 4.10. The van der Waals surface area contributed by atoms with Gasteiger partial charge in [0.05, 0.1) is 26.1 Å². The molecule has 0 aliphatic carbocycles. The van der Waals surface area contributed by atoms with Crippen LogP contribution in [-0.2, 0) is 0 Å². The van der Waals surface area contributed by atoms with Crippen molar-refractivity contribution < 1.29 is 14.3 Å². The Bertz CT molecular complexity index is 629. The van der Waals surface area contributed by atoms with Crippen molar-refractivity contribution in [2.24, 2.45) is 5.84 Å². The molecule has 110 valence electrons. The molecule has 0 saturated heterocycles. The number of hydrogen-bond donors (Lipinski definition) is 3. The molecule has 0 aliphatic heterocycles. The first-order valence-corrected chi connectivity index (χ1v) is 6.14. The number of carbonyl (C=O) groups is 1. The van der Waals surface area contributed by atoms with E-state index in [1.807, 2.05) is 0 Å². The number of pyridine rings is 1. The summed E-state index contributed by atoms with van der Waals surface area (Å²) in [6, 6.07) is 8.34. The van der Waals surface area contributed by atoms with E-state index in [4.69, 9.17) is 15.3 Å². The molecule has 21 heavy (non-hydrogen) atoms. The SMILES string of the molecule is COc1ccc(NC(=O)c2ccc(NN)cn2)cc1OC. The number of nitrogens with two attached hydrogens (primary N) is 1. The van der Waals surface area contributed by atoms with Crippen LogP contribution in [0.5, 0.6) is 11.5 Å². The summed E-state index contributed by atoms with van der Waals surface area (Å²) < 4.78 is 10.3. The zero-order valence-electron chi connectivity index (χ0n) is 11.7. The second kappa shape index (κ2) is 6.58. The molecular weight excluding hydrogens is 272 g/mol. The normalized spacial score (nSPS) is 9.86. The fourth-order valence-corrected chi connectivity index (χ4v) is 1.72. The molecule has 0 bridgehead atoms. The van der Waals surface area contributed by atoms with E-state index in [2.05, 4.69) is 15.7 Å². The minimum atomic E-state index is -0.328. The largest absolute Gasteiger partial charge is 0.493 e. The van der Waals surface area contributed by atoms with E-state index < -0.39 is 0 Å². The number of anilines is 2. The quantitative estimate of drug-likeness (QED) is 0.571. The predicted octanol–water partition coefficient (Wildman–Crippen LogP) is 1.64. The number of aromatic nitrogens is 1. The third-order valence-electron chi connectivity index (χ3n) is 2.80. The van der Waals surface area contributed by atoms with Crippen molar-refractivity contribution in [1.29, 1.82) is 0 Å². The van der Waals surface area contributed by atoms with Crippen LogP contribution in [0.3, 0.4) is 0 Å². The molecule has 1 aromatic carbocycles. The maximum Gasteiger partial charge on any atom is 0.274 e. The monoisotopic (exact) mass is 288 g/mol. The van der Waals surface area contributed by atoms with Gasteiger partial charge in [0, 0.05) is 11.8 Å². The standard InChI is InChI=1S/C14H16N4O3/c1-20-12-6-4-9(7-13(12)21-2)17-14(19)11-5-3-10(18-15)8-16-11/h3-8,18H,15H2,1-2H3,(H,17,19). The Balaban J connectivity index is 2.14. The average Bonchev–Trinajstić information content (AvgIpc) is 2.54. The van der Waals surface area contributed by atoms with E-state index in [1.165, 1.54) is 13.3 Å². The molecule has 0 radical (unpaired) electrons. The van der Waals surface area contributed by atoms with Gasteiger partial charge in [-0.25, -0.2) is 4.98 Å². The number of methoxy groups -OCH3 is 2. The van der Waals surface area contributed by atoms with Crippen molar-refractivity contribution in [3.63, 3.8) is 0 Å². The van der Waals surface area contributed by atoms with E-state index in [1.54, 1.807) is 37.4 Å². The van der Waals surface area contributed by atoms with Crippen LogP contribution in [0.15, 0.2) is 36.5 Å². The Morgan fingerprint density at radius 1 is 1.10 bits per heavy atom. The van der Waals surface area contributed by atoms with Gasteiger partial charge >= 0.3 is 0 Å². The zero-order chi connectivity index (χ0) is 15.2. The second-order valence-corrected chi connectivity index (χ2v) is 4.10. The maximum absolute atomic E-state index is 12.1. The van der Waals surface area contributed by atoms with Crippen LogP contribution in [0.25, 0.3) is 0 Å². The van der Waals surface area contributed by atoms with Gasteiger partial charge in [-0.15, -0.1) is 0 Å². The molecule has 0 aliphatic rings. The Hall–Kier alpha value is -2.80. The van der Waals surface area contributed by atoms with E-state index in [0.717, 1.165) is 0 Å². The van der Waals surface area contributed by atoms with Crippen molar-refractivity contribution in [1.82, 2.24) is 4.98 Å². The van der Waals surface area contributed by atoms with Crippen LogP contribution < -0.4 is 26.1 Å². The predicted molar refractivity (Wildman–Crippen MR) is 79.5 cm³/mol. The molecule has 2 aromatic rings. The average molecular weight is 288 g/mol. The van der Waals surface area contributed by atoms with Crippen LogP contribution in [0.1, 0.15) is 10.5 Å². The van der Waals surface area contributed by atoms with Crippen LogP contribution in [-0.4, -0.2) is 25.1 Å². The molecule has 7 heteroatoms. The number of hydrogen-bond acceptors (Lipinski definition) is 6. The molecule has 0 saturated carbocycles. The van der Waals surface area contributed by atoms with Gasteiger partial charge in [0.15, 0.2) is 11.5 Å². The molecule has 0 fully saturated rings. The van der Waals surface area contributed by atoms with Crippen molar-refractivity contribution in [2.45, 2.75) is 0 Å². The lowest BCUT2D eigenvalue weighted by atomic mass is 10.2. The Morgan fingerprint density at radius 3 is 2.38 bits per heavy atom. The van der Waals surface area contributed by atoms with Crippen LogP contribution in [0.2, 0.25) is 0 Å². The lowest BCUT2D eigenvalue weighted by Crippen LogP contribution is -2.14. The highest BCUT2D eigenvalue weighted by atomic mass is 16.5. The number of benzene rings is 1. The fraction of sp³-hybridized carbons (Fsp3) is 0.143. The van der Waals surface area contributed by atoms with E-state index in [0.29, 0.717) is 22.9 Å². The number of rotatable bonds is 5. The van der Waals surface area contributed by atoms with Crippen molar-refractivity contribution in [3.8, 4) is 11.5 Å². The third kappa shape index (κ3) is 3.40. The van der Waals surface area contributed by atoms with Crippen LogP contribution in [0, 0.1) is 0 Å². The minimum absolute atomic E-state index is 0.281. The van der Waals surface area contributed by atoms with E-state index in [9.17, 15) is 4.79 Å².